The maximum atomic E-state index is 13.0. The Bertz CT molecular complexity index is 1200. The number of halogens is 6. The van der Waals surface area contributed by atoms with Gasteiger partial charge in [-0.15, -0.1) is 0 Å². The molecule has 0 bridgehead atoms. The molecule has 1 aliphatic carbocycles. The smallest absolute Gasteiger partial charge is 0.342 e. The Balaban J connectivity index is 1.63. The number of fused-ring (bicyclic) bond motifs is 1. The number of amides is 1. The van der Waals surface area contributed by atoms with Gasteiger partial charge in [-0.1, -0.05) is 0 Å². The van der Waals surface area contributed by atoms with Crippen LogP contribution < -0.4 is 5.32 Å². The van der Waals surface area contributed by atoms with Crippen molar-refractivity contribution in [2.24, 2.45) is 7.05 Å². The lowest BCUT2D eigenvalue weighted by molar-refractivity contribution is -0.142. The summed E-state index contributed by atoms with van der Waals surface area (Å²) >= 11 is 0. The van der Waals surface area contributed by atoms with E-state index >= 15 is 0 Å². The second kappa shape index (κ2) is 8.12. The Morgan fingerprint density at radius 3 is 2.48 bits per heavy atom. The van der Waals surface area contributed by atoms with Crippen LogP contribution in [0.2, 0.25) is 0 Å². The topological polar surface area (TPSA) is 85.6 Å². The summed E-state index contributed by atoms with van der Waals surface area (Å²) in [5.41, 5.74) is -1.38. The summed E-state index contributed by atoms with van der Waals surface area (Å²) in [5.74, 6) is -0.760. The van der Waals surface area contributed by atoms with Gasteiger partial charge in [0.05, 0.1) is 11.7 Å². The van der Waals surface area contributed by atoms with Crippen molar-refractivity contribution in [3.8, 4) is 11.4 Å². The summed E-state index contributed by atoms with van der Waals surface area (Å²) in [6.45, 7) is 0. The van der Waals surface area contributed by atoms with Gasteiger partial charge in [-0.05, 0) is 37.0 Å². The van der Waals surface area contributed by atoms with Gasteiger partial charge in [0.1, 0.15) is 11.4 Å². The minimum atomic E-state index is -4.70. The van der Waals surface area contributed by atoms with Crippen molar-refractivity contribution in [3.05, 3.63) is 58.9 Å². The summed E-state index contributed by atoms with van der Waals surface area (Å²) in [4.78, 5) is 24.5. The lowest BCUT2D eigenvalue weighted by atomic mass is 9.92. The highest BCUT2D eigenvalue weighted by atomic mass is 19.4. The number of carbonyl (C=O) groups excluding carboxylic acids is 1. The summed E-state index contributed by atoms with van der Waals surface area (Å²) < 4.78 is 78.6. The van der Waals surface area contributed by atoms with E-state index in [4.69, 9.17) is 0 Å². The van der Waals surface area contributed by atoms with Crippen LogP contribution in [0.15, 0.2) is 30.6 Å². The molecule has 0 aromatic carbocycles. The minimum Gasteiger partial charge on any atom is -0.342 e. The van der Waals surface area contributed by atoms with Gasteiger partial charge in [0.2, 0.25) is 0 Å². The van der Waals surface area contributed by atoms with Crippen LogP contribution in [0, 0.1) is 0 Å². The second-order valence-corrected chi connectivity index (χ2v) is 7.49. The number of alkyl halides is 6. The van der Waals surface area contributed by atoms with Crippen LogP contribution >= 0.6 is 0 Å². The summed E-state index contributed by atoms with van der Waals surface area (Å²) in [7, 11) is 1.22. The number of carbonyl (C=O) groups is 1. The van der Waals surface area contributed by atoms with E-state index in [0.29, 0.717) is 36.6 Å². The van der Waals surface area contributed by atoms with E-state index in [2.05, 4.69) is 25.4 Å². The van der Waals surface area contributed by atoms with E-state index in [9.17, 15) is 31.1 Å². The van der Waals surface area contributed by atoms with Gasteiger partial charge in [-0.2, -0.15) is 31.4 Å². The first-order valence-corrected chi connectivity index (χ1v) is 9.75. The average molecular weight is 470 g/mol. The SMILES string of the molecule is Cn1nc(C(F)(F)F)cc1C(=O)N[C@H]1CCCc2cnc(-c3ccnc(C(F)(F)F)c3)nc21. The number of rotatable bonds is 3. The number of nitrogens with zero attached hydrogens (tertiary/aromatic N) is 5. The maximum Gasteiger partial charge on any atom is 0.435 e. The molecule has 33 heavy (non-hydrogen) atoms. The van der Waals surface area contributed by atoms with Crippen molar-refractivity contribution in [1.29, 1.82) is 0 Å². The van der Waals surface area contributed by atoms with Crippen LogP contribution in [0.4, 0.5) is 26.3 Å². The molecular formula is C20H16F6N6O. The van der Waals surface area contributed by atoms with E-state index in [-0.39, 0.29) is 17.1 Å². The first-order valence-electron chi connectivity index (χ1n) is 9.75. The molecule has 1 amide bonds. The zero-order valence-electron chi connectivity index (χ0n) is 17.0. The molecule has 0 spiro atoms. The Morgan fingerprint density at radius 2 is 1.82 bits per heavy atom. The lowest BCUT2D eigenvalue weighted by Gasteiger charge is -2.25. The Labute approximate surface area is 182 Å². The molecule has 0 aliphatic heterocycles. The minimum absolute atomic E-state index is 0.0164. The van der Waals surface area contributed by atoms with Crippen LogP contribution in [-0.4, -0.2) is 30.6 Å². The fourth-order valence-corrected chi connectivity index (χ4v) is 3.60. The first-order chi connectivity index (χ1) is 15.4. The number of hydrogen-bond acceptors (Lipinski definition) is 5. The third-order valence-electron chi connectivity index (χ3n) is 5.18. The monoisotopic (exact) mass is 470 g/mol. The second-order valence-electron chi connectivity index (χ2n) is 7.49. The van der Waals surface area contributed by atoms with E-state index in [1.165, 1.54) is 19.3 Å². The molecule has 3 heterocycles. The highest BCUT2D eigenvalue weighted by Crippen LogP contribution is 2.33. The maximum absolute atomic E-state index is 13.0. The Hall–Kier alpha value is -3.51. The van der Waals surface area contributed by atoms with Crippen molar-refractivity contribution in [3.63, 3.8) is 0 Å². The number of hydrogen-bond donors (Lipinski definition) is 1. The zero-order chi connectivity index (χ0) is 24.0. The van der Waals surface area contributed by atoms with Crippen LogP contribution in [0.3, 0.4) is 0 Å². The number of aryl methyl sites for hydroxylation is 2. The van der Waals surface area contributed by atoms with Gasteiger partial charge < -0.3 is 5.32 Å². The average Bonchev–Trinajstić information content (AvgIpc) is 3.15. The van der Waals surface area contributed by atoms with Gasteiger partial charge in [-0.25, -0.2) is 9.97 Å². The van der Waals surface area contributed by atoms with Gasteiger partial charge in [0.15, 0.2) is 11.5 Å². The molecule has 3 aromatic rings. The molecule has 1 aliphatic rings. The zero-order valence-corrected chi connectivity index (χ0v) is 17.0. The van der Waals surface area contributed by atoms with Gasteiger partial charge in [0, 0.05) is 31.1 Å². The molecule has 13 heteroatoms. The summed E-state index contributed by atoms with van der Waals surface area (Å²) in [5, 5.41) is 5.99. The van der Waals surface area contributed by atoms with Gasteiger partial charge in [-0.3, -0.25) is 14.5 Å². The number of pyridine rings is 1. The molecule has 1 atom stereocenters. The normalized spacial score (nSPS) is 16.4. The molecule has 0 radical (unpaired) electrons. The molecule has 0 saturated carbocycles. The summed E-state index contributed by atoms with van der Waals surface area (Å²) in [6, 6.07) is 2.16. The van der Waals surface area contributed by atoms with E-state index in [0.717, 1.165) is 16.9 Å². The van der Waals surface area contributed by atoms with Crippen molar-refractivity contribution >= 4 is 5.91 Å². The van der Waals surface area contributed by atoms with Crippen molar-refractivity contribution in [1.82, 2.24) is 30.0 Å². The summed E-state index contributed by atoms with van der Waals surface area (Å²) in [6.07, 6.45) is -5.15. The molecule has 3 aromatic heterocycles. The van der Waals surface area contributed by atoms with Gasteiger partial charge in [0.25, 0.3) is 5.91 Å². The lowest BCUT2D eigenvalue weighted by Crippen LogP contribution is -2.33. The van der Waals surface area contributed by atoms with Crippen molar-refractivity contribution in [2.75, 3.05) is 0 Å². The predicted molar refractivity (Wildman–Crippen MR) is 102 cm³/mol. The third kappa shape index (κ3) is 4.66. The van der Waals surface area contributed by atoms with E-state index in [1.54, 1.807) is 0 Å². The molecule has 174 valence electrons. The molecule has 0 unspecified atom stereocenters. The Morgan fingerprint density at radius 1 is 1.09 bits per heavy atom. The Kier molecular flexibility index (Phi) is 5.58. The van der Waals surface area contributed by atoms with Crippen LogP contribution in [0.5, 0.6) is 0 Å². The molecular weight excluding hydrogens is 454 g/mol. The molecule has 1 N–H and O–H groups in total. The molecule has 0 saturated heterocycles. The van der Waals surface area contributed by atoms with Crippen LogP contribution in [0.25, 0.3) is 11.4 Å². The largest absolute Gasteiger partial charge is 0.435 e. The van der Waals surface area contributed by atoms with Crippen molar-refractivity contribution < 1.29 is 31.1 Å². The van der Waals surface area contributed by atoms with Crippen LogP contribution in [0.1, 0.15) is 52.0 Å². The first kappa shape index (κ1) is 22.7. The van der Waals surface area contributed by atoms with E-state index in [1.807, 2.05) is 0 Å². The highest BCUT2D eigenvalue weighted by molar-refractivity contribution is 5.93. The third-order valence-corrected chi connectivity index (χ3v) is 5.18. The predicted octanol–water partition coefficient (Wildman–Crippen LogP) is 4.12. The number of nitrogens with one attached hydrogen (secondary N) is 1. The van der Waals surface area contributed by atoms with Gasteiger partial charge >= 0.3 is 12.4 Å². The molecule has 4 rings (SSSR count). The fraction of sp³-hybridized carbons (Fsp3) is 0.350. The fourth-order valence-electron chi connectivity index (χ4n) is 3.60. The standard InChI is InChI=1S/C20H16F6N6O/c1-32-13(8-15(31-32)20(24,25)26)18(33)29-12-4-2-3-11-9-28-17(30-16(11)12)10-5-6-27-14(7-10)19(21,22)23/h5-9,12H,2-4H2,1H3,(H,29,33)/t12-/m0/s1. The molecule has 7 nitrogen and oxygen atoms in total. The van der Waals surface area contributed by atoms with Crippen molar-refractivity contribution in [2.45, 2.75) is 37.7 Å². The number of aromatic nitrogens is 5. The highest BCUT2D eigenvalue weighted by Gasteiger charge is 2.36. The van der Waals surface area contributed by atoms with Crippen LogP contribution in [-0.2, 0) is 25.8 Å². The molecule has 0 fully saturated rings. The quantitative estimate of drug-likeness (QED) is 0.583. The van der Waals surface area contributed by atoms with E-state index < -0.39 is 35.7 Å².